The summed E-state index contributed by atoms with van der Waals surface area (Å²) in [4.78, 5) is 10.7. The first kappa shape index (κ1) is 8.59. The molecule has 0 aromatic carbocycles. The van der Waals surface area contributed by atoms with Gasteiger partial charge in [-0.15, -0.1) is 0 Å². The van der Waals surface area contributed by atoms with Crippen LogP contribution in [-0.4, -0.2) is 10.5 Å². The summed E-state index contributed by atoms with van der Waals surface area (Å²) in [6, 6.07) is 1.87. The maximum absolute atomic E-state index is 10.7. The van der Waals surface area contributed by atoms with Gasteiger partial charge in [0.25, 0.3) is 0 Å². The van der Waals surface area contributed by atoms with Crippen LogP contribution in [0.2, 0.25) is 0 Å². The fraction of sp³-hybridized carbons (Fsp3) is 0.222. The minimum Gasteiger partial charge on any atom is -0.349 e. The summed E-state index contributed by atoms with van der Waals surface area (Å²) in [5.41, 5.74) is 1.79. The fourth-order valence-corrected chi connectivity index (χ4v) is 1.06. The predicted octanol–water partition coefficient (Wildman–Crippen LogP) is 1.63. The van der Waals surface area contributed by atoms with Crippen molar-refractivity contribution in [3.05, 3.63) is 24.5 Å². The van der Waals surface area contributed by atoms with Crippen molar-refractivity contribution in [3.63, 3.8) is 0 Å². The van der Waals surface area contributed by atoms with Crippen LogP contribution in [0.4, 0.5) is 5.69 Å². The number of hydrogen-bond donors (Lipinski definition) is 1. The third-order valence-electron chi connectivity index (χ3n) is 1.57. The SMILES string of the molecule is C=Cc1cc(NC(C)=O)cn1C. The molecule has 1 N–H and O–H groups in total. The van der Waals surface area contributed by atoms with E-state index in [1.165, 1.54) is 6.92 Å². The van der Waals surface area contributed by atoms with Crippen molar-refractivity contribution < 1.29 is 4.79 Å². The Bertz CT molecular complexity index is 312. The highest BCUT2D eigenvalue weighted by Gasteiger charge is 2.00. The molecule has 1 aromatic heterocycles. The number of anilines is 1. The summed E-state index contributed by atoms with van der Waals surface area (Å²) >= 11 is 0. The molecule has 3 heteroatoms. The first-order valence-corrected chi connectivity index (χ1v) is 3.70. The number of nitrogens with zero attached hydrogens (tertiary/aromatic N) is 1. The Hall–Kier alpha value is -1.51. The standard InChI is InChI=1S/C9H12N2O/c1-4-9-5-8(6-11(9)3)10-7(2)12/h4-6H,1H2,2-3H3,(H,10,12). The molecule has 12 heavy (non-hydrogen) atoms. The maximum Gasteiger partial charge on any atom is 0.221 e. The predicted molar refractivity (Wildman–Crippen MR) is 49.8 cm³/mol. The average molecular weight is 164 g/mol. The highest BCUT2D eigenvalue weighted by atomic mass is 16.1. The van der Waals surface area contributed by atoms with E-state index in [4.69, 9.17) is 0 Å². The van der Waals surface area contributed by atoms with Crippen molar-refractivity contribution in [2.75, 3.05) is 5.32 Å². The normalized spacial score (nSPS) is 9.50. The zero-order valence-electron chi connectivity index (χ0n) is 7.29. The Morgan fingerprint density at radius 1 is 1.75 bits per heavy atom. The van der Waals surface area contributed by atoms with E-state index in [2.05, 4.69) is 11.9 Å². The highest BCUT2D eigenvalue weighted by Crippen LogP contribution is 2.12. The van der Waals surface area contributed by atoms with Gasteiger partial charge < -0.3 is 9.88 Å². The number of amides is 1. The van der Waals surface area contributed by atoms with E-state index in [0.29, 0.717) is 0 Å². The maximum atomic E-state index is 10.7. The van der Waals surface area contributed by atoms with Crippen LogP contribution in [-0.2, 0) is 11.8 Å². The van der Waals surface area contributed by atoms with Gasteiger partial charge in [-0.1, -0.05) is 6.58 Å². The summed E-state index contributed by atoms with van der Waals surface area (Å²) in [6.07, 6.45) is 3.59. The van der Waals surface area contributed by atoms with Gasteiger partial charge >= 0.3 is 0 Å². The quantitative estimate of drug-likeness (QED) is 0.708. The molecule has 64 valence electrons. The highest BCUT2D eigenvalue weighted by molar-refractivity contribution is 5.88. The van der Waals surface area contributed by atoms with E-state index in [9.17, 15) is 4.79 Å². The second kappa shape index (κ2) is 3.26. The van der Waals surface area contributed by atoms with Crippen molar-refractivity contribution >= 4 is 17.7 Å². The Labute approximate surface area is 71.7 Å². The number of carbonyl (C=O) groups is 1. The van der Waals surface area contributed by atoms with E-state index in [0.717, 1.165) is 11.4 Å². The monoisotopic (exact) mass is 164 g/mol. The molecule has 0 aliphatic carbocycles. The van der Waals surface area contributed by atoms with Crippen molar-refractivity contribution in [2.45, 2.75) is 6.92 Å². The lowest BCUT2D eigenvalue weighted by Crippen LogP contribution is -2.04. The molecular formula is C9H12N2O. The topological polar surface area (TPSA) is 34.0 Å². The van der Waals surface area contributed by atoms with Gasteiger partial charge in [-0.3, -0.25) is 4.79 Å². The third-order valence-corrected chi connectivity index (χ3v) is 1.57. The lowest BCUT2D eigenvalue weighted by atomic mass is 10.4. The second-order valence-corrected chi connectivity index (χ2v) is 2.65. The van der Waals surface area contributed by atoms with Gasteiger partial charge in [-0.25, -0.2) is 0 Å². The van der Waals surface area contributed by atoms with Crippen LogP contribution in [0.5, 0.6) is 0 Å². The molecule has 1 aromatic rings. The largest absolute Gasteiger partial charge is 0.349 e. The minimum absolute atomic E-state index is 0.0591. The van der Waals surface area contributed by atoms with Crippen LogP contribution in [0.25, 0.3) is 6.08 Å². The molecule has 0 aliphatic rings. The molecule has 0 fully saturated rings. The summed E-state index contributed by atoms with van der Waals surface area (Å²) < 4.78 is 1.90. The number of hydrogen-bond acceptors (Lipinski definition) is 1. The van der Waals surface area contributed by atoms with Crippen LogP contribution in [0, 0.1) is 0 Å². The van der Waals surface area contributed by atoms with Gasteiger partial charge in [0.1, 0.15) is 0 Å². The Balaban J connectivity index is 2.89. The first-order chi connectivity index (χ1) is 5.63. The fourth-order valence-electron chi connectivity index (χ4n) is 1.06. The molecule has 0 aliphatic heterocycles. The molecule has 0 saturated heterocycles. The number of carbonyl (C=O) groups excluding carboxylic acids is 1. The molecule has 3 nitrogen and oxygen atoms in total. The summed E-state index contributed by atoms with van der Waals surface area (Å²) in [5, 5.41) is 2.69. The summed E-state index contributed by atoms with van der Waals surface area (Å²) in [5.74, 6) is -0.0591. The summed E-state index contributed by atoms with van der Waals surface area (Å²) in [7, 11) is 1.91. The van der Waals surface area contributed by atoms with Crippen molar-refractivity contribution in [2.24, 2.45) is 7.05 Å². The van der Waals surface area contributed by atoms with Crippen LogP contribution in [0.3, 0.4) is 0 Å². The van der Waals surface area contributed by atoms with E-state index < -0.39 is 0 Å². The molecule has 0 bridgehead atoms. The van der Waals surface area contributed by atoms with Gasteiger partial charge in [0.15, 0.2) is 0 Å². The van der Waals surface area contributed by atoms with Crippen LogP contribution in [0.15, 0.2) is 18.8 Å². The lowest BCUT2D eigenvalue weighted by Gasteiger charge is -1.94. The van der Waals surface area contributed by atoms with Crippen molar-refractivity contribution in [1.82, 2.24) is 4.57 Å². The Kier molecular flexibility index (Phi) is 2.33. The lowest BCUT2D eigenvalue weighted by molar-refractivity contribution is -0.114. The molecule has 1 rings (SSSR count). The Morgan fingerprint density at radius 2 is 2.42 bits per heavy atom. The Morgan fingerprint density at radius 3 is 2.83 bits per heavy atom. The number of aromatic nitrogens is 1. The van der Waals surface area contributed by atoms with Crippen LogP contribution in [0.1, 0.15) is 12.6 Å². The molecule has 1 heterocycles. The smallest absolute Gasteiger partial charge is 0.221 e. The summed E-state index contributed by atoms with van der Waals surface area (Å²) in [6.45, 7) is 5.14. The van der Waals surface area contributed by atoms with Gasteiger partial charge in [-0.2, -0.15) is 0 Å². The van der Waals surface area contributed by atoms with E-state index in [1.54, 1.807) is 6.08 Å². The second-order valence-electron chi connectivity index (χ2n) is 2.65. The molecule has 0 atom stereocenters. The molecule has 0 saturated carbocycles. The average Bonchev–Trinajstić information content (AvgIpc) is 2.29. The zero-order chi connectivity index (χ0) is 9.14. The van der Waals surface area contributed by atoms with Gasteiger partial charge in [-0.05, 0) is 12.1 Å². The molecule has 1 amide bonds. The van der Waals surface area contributed by atoms with Crippen LogP contribution < -0.4 is 5.32 Å². The zero-order valence-corrected chi connectivity index (χ0v) is 7.29. The van der Waals surface area contributed by atoms with Gasteiger partial charge in [0.05, 0.1) is 5.69 Å². The minimum atomic E-state index is -0.0591. The number of rotatable bonds is 2. The van der Waals surface area contributed by atoms with E-state index >= 15 is 0 Å². The van der Waals surface area contributed by atoms with Crippen molar-refractivity contribution in [1.29, 1.82) is 0 Å². The van der Waals surface area contributed by atoms with Gasteiger partial charge in [0.2, 0.25) is 5.91 Å². The first-order valence-electron chi connectivity index (χ1n) is 3.70. The van der Waals surface area contributed by atoms with Crippen LogP contribution >= 0.6 is 0 Å². The molecular weight excluding hydrogens is 152 g/mol. The third kappa shape index (κ3) is 1.75. The number of aryl methyl sites for hydroxylation is 1. The molecule has 0 spiro atoms. The van der Waals surface area contributed by atoms with E-state index in [1.807, 2.05) is 23.9 Å². The van der Waals surface area contributed by atoms with Crippen molar-refractivity contribution in [3.8, 4) is 0 Å². The molecule has 0 radical (unpaired) electrons. The van der Waals surface area contributed by atoms with Gasteiger partial charge in [0, 0.05) is 25.9 Å². The van der Waals surface area contributed by atoms with E-state index in [-0.39, 0.29) is 5.91 Å². The molecule has 0 unspecified atom stereocenters. The number of nitrogens with one attached hydrogen (secondary N) is 1.